The first-order valence-electron chi connectivity index (χ1n) is 28.7. The lowest BCUT2D eigenvalue weighted by Crippen LogP contribution is -2.77. The zero-order chi connectivity index (χ0) is 54.9. The van der Waals surface area contributed by atoms with Gasteiger partial charge < -0.3 is 62.5 Å². The molecular weight excluding hydrogens is 985 g/mol. The van der Waals surface area contributed by atoms with Crippen LogP contribution in [0.25, 0.3) is 0 Å². The van der Waals surface area contributed by atoms with Gasteiger partial charge in [-0.3, -0.25) is 24.0 Å². The lowest BCUT2D eigenvalue weighted by atomic mass is 9.30. The Bertz CT molecular complexity index is 1830. The van der Waals surface area contributed by atoms with Crippen LogP contribution in [0, 0.1) is 50.2 Å². The third-order valence-electron chi connectivity index (χ3n) is 19.3. The Labute approximate surface area is 453 Å². The number of methoxy groups -OCH3 is 1. The number of hydrogen-bond donors (Lipinski definition) is 2. The summed E-state index contributed by atoms with van der Waals surface area (Å²) < 4.78 is 60.4. The molecule has 0 aromatic heterocycles. The number of hydrogen-bond acceptors (Lipinski definition) is 17. The molecular formula is C57H98N2O17. The summed E-state index contributed by atoms with van der Waals surface area (Å²) in [6.45, 7) is 25.7. The van der Waals surface area contributed by atoms with Crippen molar-refractivity contribution in [1.82, 2.24) is 10.4 Å². The maximum atomic E-state index is 15.4. The predicted octanol–water partition coefficient (Wildman–Crippen LogP) is 5.54. The number of Topliss-reactive ketones (excluding diaryl/α,β-unsaturated/α-hetero) is 1. The summed E-state index contributed by atoms with van der Waals surface area (Å²) in [5, 5.41) is 15.4. The molecule has 6 aliphatic rings. The van der Waals surface area contributed by atoms with E-state index in [0.717, 1.165) is 43.6 Å². The lowest BCUT2D eigenvalue weighted by Gasteiger charge is -2.75. The summed E-state index contributed by atoms with van der Waals surface area (Å²) >= 11 is 0. The van der Waals surface area contributed by atoms with Crippen LogP contribution >= 0.6 is 0 Å². The van der Waals surface area contributed by atoms with Gasteiger partial charge in [0.2, 0.25) is 5.91 Å². The number of ether oxygens (including phenoxy) is 11. The molecule has 19 heteroatoms. The highest BCUT2D eigenvalue weighted by atomic mass is 16.7. The van der Waals surface area contributed by atoms with Gasteiger partial charge in [0.25, 0.3) is 11.8 Å². The van der Waals surface area contributed by atoms with Gasteiger partial charge in [-0.1, -0.05) is 48.5 Å². The smallest absolute Gasteiger partial charge is 0.254 e. The van der Waals surface area contributed by atoms with Crippen LogP contribution in [-0.2, 0) is 76.1 Å². The molecule has 5 aliphatic carbocycles. The minimum Gasteiger partial charge on any atom is -0.393 e. The lowest BCUT2D eigenvalue weighted by molar-refractivity contribution is -0.355. The van der Waals surface area contributed by atoms with Crippen LogP contribution in [0.2, 0.25) is 0 Å². The van der Waals surface area contributed by atoms with Crippen molar-refractivity contribution >= 4 is 23.5 Å². The van der Waals surface area contributed by atoms with E-state index in [1.54, 1.807) is 7.11 Å². The molecule has 0 spiro atoms. The summed E-state index contributed by atoms with van der Waals surface area (Å²) in [6, 6.07) is 0. The van der Waals surface area contributed by atoms with Crippen molar-refractivity contribution in [1.29, 1.82) is 0 Å². The normalized spacial score (nSPS) is 34.0. The van der Waals surface area contributed by atoms with E-state index in [4.69, 9.17) is 56.9 Å². The predicted molar refractivity (Wildman–Crippen MR) is 280 cm³/mol. The van der Waals surface area contributed by atoms with E-state index in [-0.39, 0.29) is 76.8 Å². The zero-order valence-electron chi connectivity index (χ0n) is 47.8. The number of nitrogens with one attached hydrogen (secondary N) is 1. The Morgan fingerprint density at radius 1 is 0.553 bits per heavy atom. The first kappa shape index (κ1) is 62.9. The molecule has 1 aliphatic heterocycles. The second kappa shape index (κ2) is 29.0. The summed E-state index contributed by atoms with van der Waals surface area (Å²) in [6.07, 6.45) is 6.44. The number of amides is 3. The Morgan fingerprint density at radius 2 is 0.987 bits per heavy atom. The van der Waals surface area contributed by atoms with Crippen LogP contribution in [0.15, 0.2) is 0 Å². The van der Waals surface area contributed by atoms with Crippen molar-refractivity contribution in [3.8, 4) is 0 Å². The molecule has 3 amide bonds. The van der Waals surface area contributed by atoms with Crippen LogP contribution in [0.3, 0.4) is 0 Å². The molecule has 76 heavy (non-hydrogen) atoms. The number of imide groups is 1. The molecule has 6 fully saturated rings. The minimum absolute atomic E-state index is 0.0716. The Hall–Kier alpha value is -2.24. The van der Waals surface area contributed by atoms with Gasteiger partial charge in [-0.15, -0.1) is 0 Å². The Morgan fingerprint density at radius 3 is 1.45 bits per heavy atom. The molecule has 1 heterocycles. The summed E-state index contributed by atoms with van der Waals surface area (Å²) in [7, 11) is 1.64. The average molecular weight is 1080 g/mol. The summed E-state index contributed by atoms with van der Waals surface area (Å²) in [5.41, 5.74) is -4.03. The van der Waals surface area contributed by atoms with E-state index >= 15 is 4.79 Å². The summed E-state index contributed by atoms with van der Waals surface area (Å²) in [5.74, 6) is -1.06. The van der Waals surface area contributed by atoms with Gasteiger partial charge in [0.1, 0.15) is 11.4 Å². The number of ketones is 1. The molecule has 5 saturated carbocycles. The number of hydroxylamine groups is 2. The maximum absolute atomic E-state index is 15.4. The molecule has 0 bridgehead atoms. The molecule has 0 aromatic rings. The average Bonchev–Trinajstić information content (AvgIpc) is 3.83. The van der Waals surface area contributed by atoms with Gasteiger partial charge in [-0.05, 0) is 91.3 Å². The van der Waals surface area contributed by atoms with Gasteiger partial charge in [0.05, 0.1) is 145 Å². The van der Waals surface area contributed by atoms with Crippen molar-refractivity contribution in [3.63, 3.8) is 0 Å². The number of nitrogens with zero attached hydrogens (tertiary/aromatic N) is 1. The van der Waals surface area contributed by atoms with Gasteiger partial charge in [-0.25, -0.2) is 0 Å². The van der Waals surface area contributed by atoms with E-state index < -0.39 is 27.9 Å². The largest absolute Gasteiger partial charge is 0.393 e. The number of fused-ring (bicyclic) bond motifs is 7. The van der Waals surface area contributed by atoms with Crippen molar-refractivity contribution in [2.45, 2.75) is 137 Å². The van der Waals surface area contributed by atoms with Crippen LogP contribution in [0.5, 0.6) is 0 Å². The van der Waals surface area contributed by atoms with E-state index in [0.29, 0.717) is 165 Å². The van der Waals surface area contributed by atoms with Gasteiger partial charge in [-0.2, -0.15) is 5.06 Å². The molecule has 0 radical (unpaired) electrons. The fourth-order valence-electron chi connectivity index (χ4n) is 14.8. The molecule has 1 unspecified atom stereocenters. The number of rotatable bonds is 36. The first-order valence-corrected chi connectivity index (χ1v) is 28.7. The van der Waals surface area contributed by atoms with Crippen LogP contribution in [0.1, 0.15) is 126 Å². The van der Waals surface area contributed by atoms with E-state index in [1.165, 1.54) is 0 Å². The topological polar surface area (TPSA) is 215 Å². The van der Waals surface area contributed by atoms with Gasteiger partial charge in [0, 0.05) is 49.7 Å². The number of carbonyl (C=O) groups is 4. The highest BCUT2D eigenvalue weighted by molar-refractivity contribution is 6.00. The SMILES string of the molecule is COCCOCCOCCOCCOCCOCCOCCOCCOCCOCCOCCNC(=O)[C@@]1(C)CC[C@]2(C)CC[C@]3(C)C(ON4C(=O)CCC4=O)(CC(=O)[C@@H]4[C@@]5(C)CC[C@H](O)C(C)(C)[C@@H]5CC[C@]43C)[C@@H]2C1. The Kier molecular flexibility index (Phi) is 24.0. The van der Waals surface area contributed by atoms with Crippen LogP contribution in [0.4, 0.5) is 0 Å². The molecule has 6 rings (SSSR count). The monoisotopic (exact) mass is 1080 g/mol. The fourth-order valence-corrected chi connectivity index (χ4v) is 14.8. The quantitative estimate of drug-likeness (QED) is 0.0582. The van der Waals surface area contributed by atoms with E-state index in [1.807, 2.05) is 6.92 Å². The number of aliphatic hydroxyl groups excluding tert-OH is 1. The molecule has 438 valence electrons. The Balaban J connectivity index is 0.832. The maximum Gasteiger partial charge on any atom is 0.254 e. The molecule has 1 saturated heterocycles. The second-order valence-electron chi connectivity index (χ2n) is 24.2. The highest BCUT2D eigenvalue weighted by Crippen LogP contribution is 2.78. The molecule has 0 aromatic carbocycles. The standard InChI is InChI=1S/C57H98N2O17/c1-51(2)44-11-14-55(6)49(54(44,5)13-12-46(51)61)43(60)41-57(76-59-47(62)9-10-48(59)63)45-42-53(4,16-15-52(45,3)17-18-56(55,57)7)50(64)58-19-20-66-23-24-68-27-28-70-31-32-72-35-36-74-39-40-75-38-37-73-34-33-71-30-29-69-26-25-67-22-21-65-8/h44-46,49,61H,9-42H2,1-8H3,(H,58,64)/t44-,45+,46-,49+,52+,53-,54-,55+,56-,57?/m0/s1. The minimum atomic E-state index is -1.19. The number of carbonyl (C=O) groups excluding carboxylic acids is 4. The summed E-state index contributed by atoms with van der Waals surface area (Å²) in [4.78, 5) is 63.7. The van der Waals surface area contributed by atoms with E-state index in [9.17, 15) is 19.5 Å². The first-order chi connectivity index (χ1) is 36.4. The van der Waals surface area contributed by atoms with Crippen molar-refractivity contribution < 1.29 is 81.2 Å². The van der Waals surface area contributed by atoms with Crippen LogP contribution in [-0.4, -0.2) is 198 Å². The fraction of sp³-hybridized carbons (Fsp3) is 0.930. The molecule has 10 atom stereocenters. The van der Waals surface area contributed by atoms with Crippen molar-refractivity contribution in [3.05, 3.63) is 0 Å². The zero-order valence-corrected chi connectivity index (χ0v) is 47.8. The van der Waals surface area contributed by atoms with Crippen molar-refractivity contribution in [2.75, 3.05) is 152 Å². The van der Waals surface area contributed by atoms with Gasteiger partial charge >= 0.3 is 0 Å². The third kappa shape index (κ3) is 14.6. The van der Waals surface area contributed by atoms with Gasteiger partial charge in [0.15, 0.2) is 0 Å². The van der Waals surface area contributed by atoms with E-state index in [2.05, 4.69) is 46.9 Å². The molecule has 19 nitrogen and oxygen atoms in total. The molecule has 2 N–H and O–H groups in total. The second-order valence-corrected chi connectivity index (χ2v) is 24.2. The highest BCUT2D eigenvalue weighted by Gasteiger charge is 2.78. The van der Waals surface area contributed by atoms with Crippen LogP contribution < -0.4 is 5.32 Å². The van der Waals surface area contributed by atoms with Crippen molar-refractivity contribution in [2.24, 2.45) is 50.2 Å². The number of aliphatic hydroxyl groups is 1. The third-order valence-corrected chi connectivity index (χ3v) is 19.3.